The molecule has 0 radical (unpaired) electrons. The SMILES string of the molecule is [C-]#[N+]c1cc(OC2C[C@H]3CC[C@@H](C2)N3)nc(-c2ccccc2)c1. The van der Waals surface area contributed by atoms with E-state index in [1.165, 1.54) is 12.8 Å². The molecule has 2 saturated heterocycles. The molecule has 1 N–H and O–H groups in total. The standard InChI is InChI=1S/C19H19N3O/c1-20-16-11-18(13-5-3-2-4-6-13)22-19(12-16)23-17-9-14-7-8-15(10-17)21-14/h2-6,11-12,14-15,17,21H,7-10H2/t14-,15+,17?. The smallest absolute Gasteiger partial charge is 0.203 e. The number of nitrogens with zero attached hydrogens (tertiary/aromatic N) is 2. The van der Waals surface area contributed by atoms with Crippen LogP contribution in [0.25, 0.3) is 16.1 Å². The first-order chi connectivity index (χ1) is 11.3. The Bertz CT molecular complexity index is 726. The number of ether oxygens (including phenoxy) is 1. The zero-order valence-electron chi connectivity index (χ0n) is 12.9. The first-order valence-corrected chi connectivity index (χ1v) is 8.18. The number of piperidine rings is 1. The second kappa shape index (κ2) is 6.02. The Hall–Kier alpha value is -2.38. The zero-order chi connectivity index (χ0) is 15.6. The number of benzene rings is 1. The van der Waals surface area contributed by atoms with E-state index in [0.717, 1.165) is 24.1 Å². The van der Waals surface area contributed by atoms with Gasteiger partial charge in [-0.05, 0) is 37.3 Å². The van der Waals surface area contributed by atoms with Crippen LogP contribution in [-0.4, -0.2) is 23.2 Å². The molecule has 1 aromatic carbocycles. The van der Waals surface area contributed by atoms with Crippen molar-refractivity contribution < 1.29 is 4.74 Å². The first kappa shape index (κ1) is 14.2. The van der Waals surface area contributed by atoms with Crippen LogP contribution in [0.15, 0.2) is 42.5 Å². The van der Waals surface area contributed by atoms with E-state index in [0.29, 0.717) is 23.7 Å². The predicted octanol–water partition coefficient (Wildman–Crippen LogP) is 3.96. The van der Waals surface area contributed by atoms with Gasteiger partial charge in [0.2, 0.25) is 5.88 Å². The highest BCUT2D eigenvalue weighted by Crippen LogP contribution is 2.31. The summed E-state index contributed by atoms with van der Waals surface area (Å²) < 4.78 is 6.15. The van der Waals surface area contributed by atoms with Gasteiger partial charge >= 0.3 is 0 Å². The first-order valence-electron chi connectivity index (χ1n) is 8.18. The van der Waals surface area contributed by atoms with E-state index in [9.17, 15) is 0 Å². The predicted molar refractivity (Wildman–Crippen MR) is 89.5 cm³/mol. The molecule has 0 aliphatic carbocycles. The van der Waals surface area contributed by atoms with Crippen molar-refractivity contribution in [1.82, 2.24) is 10.3 Å². The molecule has 4 nitrogen and oxygen atoms in total. The summed E-state index contributed by atoms with van der Waals surface area (Å²) in [6.07, 6.45) is 4.75. The van der Waals surface area contributed by atoms with Crippen molar-refractivity contribution in [3.05, 3.63) is 53.9 Å². The highest BCUT2D eigenvalue weighted by molar-refractivity contribution is 5.65. The van der Waals surface area contributed by atoms with Crippen LogP contribution in [0.1, 0.15) is 25.7 Å². The molecule has 2 aliphatic rings. The van der Waals surface area contributed by atoms with E-state index in [-0.39, 0.29) is 6.10 Å². The van der Waals surface area contributed by atoms with Gasteiger partial charge in [-0.2, -0.15) is 0 Å². The molecule has 0 spiro atoms. The highest BCUT2D eigenvalue weighted by atomic mass is 16.5. The molecular weight excluding hydrogens is 286 g/mol. The maximum Gasteiger partial charge on any atom is 0.203 e. The fourth-order valence-electron chi connectivity index (χ4n) is 3.65. The molecule has 4 rings (SSSR count). The quantitative estimate of drug-likeness (QED) is 0.872. The lowest BCUT2D eigenvalue weighted by Gasteiger charge is -2.29. The van der Waals surface area contributed by atoms with Crippen molar-refractivity contribution in [2.24, 2.45) is 0 Å². The summed E-state index contributed by atoms with van der Waals surface area (Å²) in [6.45, 7) is 7.32. The molecule has 1 unspecified atom stereocenters. The van der Waals surface area contributed by atoms with Crippen molar-refractivity contribution in [2.75, 3.05) is 0 Å². The molecule has 116 valence electrons. The summed E-state index contributed by atoms with van der Waals surface area (Å²) in [5.41, 5.74) is 2.38. The van der Waals surface area contributed by atoms with Crippen LogP contribution in [0.2, 0.25) is 0 Å². The van der Waals surface area contributed by atoms with Crippen LogP contribution in [-0.2, 0) is 0 Å². The van der Waals surface area contributed by atoms with Gasteiger partial charge in [0.1, 0.15) is 6.10 Å². The van der Waals surface area contributed by atoms with Gasteiger partial charge in [0, 0.05) is 18.2 Å². The van der Waals surface area contributed by atoms with Crippen molar-refractivity contribution >= 4 is 5.69 Å². The Balaban J connectivity index is 1.60. The molecule has 3 atom stereocenters. The maximum atomic E-state index is 7.32. The van der Waals surface area contributed by atoms with Crippen molar-refractivity contribution in [3.63, 3.8) is 0 Å². The van der Waals surface area contributed by atoms with Crippen LogP contribution in [0.3, 0.4) is 0 Å². The average molecular weight is 305 g/mol. The van der Waals surface area contributed by atoms with E-state index in [1.54, 1.807) is 6.07 Å². The van der Waals surface area contributed by atoms with Crippen molar-refractivity contribution in [3.8, 4) is 17.1 Å². The molecule has 2 fully saturated rings. The molecule has 3 heterocycles. The van der Waals surface area contributed by atoms with Gasteiger partial charge in [0.15, 0.2) is 5.69 Å². The second-order valence-electron chi connectivity index (χ2n) is 6.38. The summed E-state index contributed by atoms with van der Waals surface area (Å²) in [6, 6.07) is 14.7. The monoisotopic (exact) mass is 305 g/mol. The van der Waals surface area contributed by atoms with Crippen LogP contribution < -0.4 is 10.1 Å². The minimum atomic E-state index is 0.200. The van der Waals surface area contributed by atoms with Gasteiger partial charge in [-0.25, -0.2) is 9.83 Å². The van der Waals surface area contributed by atoms with E-state index < -0.39 is 0 Å². The zero-order valence-corrected chi connectivity index (χ0v) is 12.9. The molecule has 0 saturated carbocycles. The summed E-state index contributed by atoms with van der Waals surface area (Å²) in [5, 5.41) is 3.62. The third-order valence-electron chi connectivity index (χ3n) is 4.70. The van der Waals surface area contributed by atoms with Crippen LogP contribution in [0.5, 0.6) is 5.88 Å². The number of nitrogens with one attached hydrogen (secondary N) is 1. The molecular formula is C19H19N3O. The Morgan fingerprint density at radius 3 is 2.52 bits per heavy atom. The topological polar surface area (TPSA) is 38.5 Å². The lowest BCUT2D eigenvalue weighted by molar-refractivity contribution is 0.132. The third kappa shape index (κ3) is 3.06. The third-order valence-corrected chi connectivity index (χ3v) is 4.70. The Morgan fingerprint density at radius 2 is 1.83 bits per heavy atom. The number of hydrogen-bond donors (Lipinski definition) is 1. The normalized spacial score (nSPS) is 25.8. The van der Waals surface area contributed by atoms with Gasteiger partial charge < -0.3 is 10.1 Å². The van der Waals surface area contributed by atoms with Crippen molar-refractivity contribution in [1.29, 1.82) is 0 Å². The fraction of sp³-hybridized carbons (Fsp3) is 0.368. The Kier molecular flexibility index (Phi) is 3.72. The van der Waals surface area contributed by atoms with Crippen molar-refractivity contribution in [2.45, 2.75) is 43.9 Å². The lowest BCUT2D eigenvalue weighted by atomic mass is 10.0. The number of fused-ring (bicyclic) bond motifs is 2. The minimum Gasteiger partial charge on any atom is -0.475 e. The fourth-order valence-corrected chi connectivity index (χ4v) is 3.65. The van der Waals surface area contributed by atoms with Crippen LogP contribution >= 0.6 is 0 Å². The van der Waals surface area contributed by atoms with Gasteiger partial charge in [0.05, 0.1) is 12.3 Å². The Morgan fingerprint density at radius 1 is 1.09 bits per heavy atom. The van der Waals surface area contributed by atoms with Crippen LogP contribution in [0.4, 0.5) is 5.69 Å². The summed E-state index contributed by atoms with van der Waals surface area (Å²) in [7, 11) is 0. The second-order valence-corrected chi connectivity index (χ2v) is 6.38. The molecule has 2 bridgehead atoms. The maximum absolute atomic E-state index is 7.32. The van der Waals surface area contributed by atoms with Crippen LogP contribution in [0, 0.1) is 6.57 Å². The molecule has 23 heavy (non-hydrogen) atoms. The van der Waals surface area contributed by atoms with Gasteiger partial charge in [-0.3, -0.25) is 0 Å². The summed E-state index contributed by atoms with van der Waals surface area (Å²) in [4.78, 5) is 8.20. The number of aromatic nitrogens is 1. The van der Waals surface area contributed by atoms with Gasteiger partial charge in [0.25, 0.3) is 0 Å². The molecule has 4 heteroatoms. The highest BCUT2D eigenvalue weighted by Gasteiger charge is 2.34. The molecule has 1 aromatic heterocycles. The number of rotatable bonds is 3. The van der Waals surface area contributed by atoms with E-state index >= 15 is 0 Å². The summed E-state index contributed by atoms with van der Waals surface area (Å²) in [5.74, 6) is 0.573. The van der Waals surface area contributed by atoms with E-state index in [1.807, 2.05) is 36.4 Å². The average Bonchev–Trinajstić information content (AvgIpc) is 2.94. The largest absolute Gasteiger partial charge is 0.475 e. The minimum absolute atomic E-state index is 0.200. The van der Waals surface area contributed by atoms with E-state index in [4.69, 9.17) is 11.3 Å². The van der Waals surface area contributed by atoms with E-state index in [2.05, 4.69) is 15.1 Å². The Labute approximate surface area is 136 Å². The lowest BCUT2D eigenvalue weighted by Crippen LogP contribution is -2.42. The van der Waals surface area contributed by atoms with Gasteiger partial charge in [-0.15, -0.1) is 0 Å². The molecule has 0 amide bonds. The number of pyridine rings is 1. The summed E-state index contributed by atoms with van der Waals surface area (Å²) >= 11 is 0. The molecule has 2 aromatic rings. The number of hydrogen-bond acceptors (Lipinski definition) is 3. The molecule has 2 aliphatic heterocycles. The van der Waals surface area contributed by atoms with Gasteiger partial charge in [-0.1, -0.05) is 30.3 Å².